The maximum absolute atomic E-state index is 5.91. The molecule has 3 rings (SSSR count). The van der Waals surface area contributed by atoms with Gasteiger partial charge in [0.15, 0.2) is 5.82 Å². The van der Waals surface area contributed by atoms with Crippen LogP contribution >= 0.6 is 0 Å². The molecule has 0 radical (unpaired) electrons. The van der Waals surface area contributed by atoms with Gasteiger partial charge < -0.3 is 10.6 Å². The monoisotopic (exact) mass is 270 g/mol. The number of benzene rings is 1. The van der Waals surface area contributed by atoms with E-state index in [1.807, 2.05) is 6.92 Å². The molecule has 2 atom stereocenters. The molecule has 0 amide bonds. The SMILES string of the molecule is Cc1nnc(N2CCC(C)C(CN)C2)c2ccccc12. The van der Waals surface area contributed by atoms with Crippen molar-refractivity contribution in [3.8, 4) is 0 Å². The number of aromatic nitrogens is 2. The molecular formula is C16H22N4. The first-order valence-corrected chi connectivity index (χ1v) is 7.37. The number of hydrogen-bond donors (Lipinski definition) is 1. The van der Waals surface area contributed by atoms with E-state index in [9.17, 15) is 0 Å². The Labute approximate surface area is 120 Å². The van der Waals surface area contributed by atoms with E-state index in [1.165, 1.54) is 17.2 Å². The number of hydrogen-bond acceptors (Lipinski definition) is 4. The van der Waals surface area contributed by atoms with Gasteiger partial charge in [-0.05, 0) is 31.7 Å². The Morgan fingerprint density at radius 3 is 2.75 bits per heavy atom. The van der Waals surface area contributed by atoms with Gasteiger partial charge in [-0.2, -0.15) is 5.10 Å². The van der Waals surface area contributed by atoms with E-state index in [1.54, 1.807) is 0 Å². The number of anilines is 1. The Bertz CT molecular complexity index is 610. The Morgan fingerprint density at radius 1 is 1.25 bits per heavy atom. The molecule has 1 aliphatic rings. The smallest absolute Gasteiger partial charge is 0.159 e. The van der Waals surface area contributed by atoms with Gasteiger partial charge in [-0.1, -0.05) is 31.2 Å². The summed E-state index contributed by atoms with van der Waals surface area (Å²) < 4.78 is 0. The summed E-state index contributed by atoms with van der Waals surface area (Å²) >= 11 is 0. The van der Waals surface area contributed by atoms with Crippen LogP contribution in [0, 0.1) is 18.8 Å². The molecule has 0 saturated carbocycles. The van der Waals surface area contributed by atoms with E-state index in [0.717, 1.165) is 31.1 Å². The highest BCUT2D eigenvalue weighted by molar-refractivity contribution is 5.93. The minimum atomic E-state index is 0.547. The van der Waals surface area contributed by atoms with E-state index >= 15 is 0 Å². The van der Waals surface area contributed by atoms with Crippen LogP contribution in [0.25, 0.3) is 10.8 Å². The number of nitrogens with two attached hydrogens (primary N) is 1. The summed E-state index contributed by atoms with van der Waals surface area (Å²) in [6.45, 7) is 7.08. The molecule has 4 heteroatoms. The van der Waals surface area contributed by atoms with Crippen molar-refractivity contribution in [1.29, 1.82) is 0 Å². The van der Waals surface area contributed by atoms with Gasteiger partial charge in [-0.25, -0.2) is 0 Å². The van der Waals surface area contributed by atoms with Crippen LogP contribution in [-0.4, -0.2) is 29.8 Å². The summed E-state index contributed by atoms with van der Waals surface area (Å²) in [5.41, 5.74) is 6.90. The largest absolute Gasteiger partial charge is 0.354 e. The summed E-state index contributed by atoms with van der Waals surface area (Å²) in [5, 5.41) is 11.2. The summed E-state index contributed by atoms with van der Waals surface area (Å²) in [7, 11) is 0. The maximum atomic E-state index is 5.91. The van der Waals surface area contributed by atoms with Crippen molar-refractivity contribution in [2.24, 2.45) is 17.6 Å². The zero-order valence-electron chi connectivity index (χ0n) is 12.2. The second kappa shape index (κ2) is 5.37. The predicted octanol–water partition coefficient (Wildman–Crippen LogP) is 2.36. The van der Waals surface area contributed by atoms with E-state index < -0.39 is 0 Å². The number of piperidine rings is 1. The molecule has 106 valence electrons. The molecule has 0 bridgehead atoms. The fourth-order valence-corrected chi connectivity index (χ4v) is 3.11. The summed E-state index contributed by atoms with van der Waals surface area (Å²) in [4.78, 5) is 2.35. The average molecular weight is 270 g/mol. The van der Waals surface area contributed by atoms with Crippen LogP contribution in [0.1, 0.15) is 19.0 Å². The minimum absolute atomic E-state index is 0.547. The molecule has 0 aliphatic carbocycles. The van der Waals surface area contributed by atoms with Crippen molar-refractivity contribution in [3.05, 3.63) is 30.0 Å². The second-order valence-electron chi connectivity index (χ2n) is 5.86. The van der Waals surface area contributed by atoms with Crippen LogP contribution in [0.15, 0.2) is 24.3 Å². The van der Waals surface area contributed by atoms with E-state index in [4.69, 9.17) is 5.73 Å². The Morgan fingerprint density at radius 2 is 2.00 bits per heavy atom. The molecule has 1 fully saturated rings. The topological polar surface area (TPSA) is 55.0 Å². The van der Waals surface area contributed by atoms with Crippen molar-refractivity contribution in [3.63, 3.8) is 0 Å². The van der Waals surface area contributed by atoms with Gasteiger partial charge in [-0.15, -0.1) is 5.10 Å². The Hall–Kier alpha value is -1.68. The van der Waals surface area contributed by atoms with Crippen molar-refractivity contribution in [1.82, 2.24) is 10.2 Å². The number of fused-ring (bicyclic) bond motifs is 1. The van der Waals surface area contributed by atoms with E-state index in [2.05, 4.69) is 46.3 Å². The highest BCUT2D eigenvalue weighted by Gasteiger charge is 2.27. The fraction of sp³-hybridized carbons (Fsp3) is 0.500. The molecule has 2 aromatic rings. The summed E-state index contributed by atoms with van der Waals surface area (Å²) in [5.74, 6) is 2.25. The van der Waals surface area contributed by atoms with Crippen LogP contribution in [0.5, 0.6) is 0 Å². The normalized spacial score (nSPS) is 23.2. The van der Waals surface area contributed by atoms with Gasteiger partial charge in [0.25, 0.3) is 0 Å². The van der Waals surface area contributed by atoms with Gasteiger partial charge in [0, 0.05) is 23.9 Å². The Kier molecular flexibility index (Phi) is 3.57. The second-order valence-corrected chi connectivity index (χ2v) is 5.86. The molecule has 1 saturated heterocycles. The van der Waals surface area contributed by atoms with Crippen LogP contribution in [0.4, 0.5) is 5.82 Å². The first-order chi connectivity index (χ1) is 9.70. The third-order valence-corrected chi connectivity index (χ3v) is 4.57. The molecule has 4 nitrogen and oxygen atoms in total. The highest BCUT2D eigenvalue weighted by Crippen LogP contribution is 2.30. The first-order valence-electron chi connectivity index (χ1n) is 7.37. The van der Waals surface area contributed by atoms with Gasteiger partial charge in [-0.3, -0.25) is 0 Å². The standard InChI is InChI=1S/C16H22N4/c1-11-7-8-20(10-13(11)9-17)16-15-6-4-3-5-14(15)12(2)18-19-16/h3-6,11,13H,7-10,17H2,1-2H3. The lowest BCUT2D eigenvalue weighted by Gasteiger charge is -2.37. The van der Waals surface area contributed by atoms with Gasteiger partial charge in [0.2, 0.25) is 0 Å². The minimum Gasteiger partial charge on any atom is -0.354 e. The predicted molar refractivity (Wildman–Crippen MR) is 82.8 cm³/mol. The van der Waals surface area contributed by atoms with Gasteiger partial charge in [0.05, 0.1) is 5.69 Å². The van der Waals surface area contributed by atoms with Crippen molar-refractivity contribution in [2.45, 2.75) is 20.3 Å². The van der Waals surface area contributed by atoms with E-state index in [-0.39, 0.29) is 0 Å². The van der Waals surface area contributed by atoms with Gasteiger partial charge >= 0.3 is 0 Å². The lowest BCUT2D eigenvalue weighted by Crippen LogP contribution is -2.43. The molecular weight excluding hydrogens is 248 g/mol. The molecule has 1 aromatic carbocycles. The zero-order valence-corrected chi connectivity index (χ0v) is 12.2. The van der Waals surface area contributed by atoms with Crippen molar-refractivity contribution in [2.75, 3.05) is 24.5 Å². The number of rotatable bonds is 2. The van der Waals surface area contributed by atoms with Crippen LogP contribution in [0.2, 0.25) is 0 Å². The average Bonchev–Trinajstić information content (AvgIpc) is 2.49. The number of nitrogens with zero attached hydrogens (tertiary/aromatic N) is 3. The lowest BCUT2D eigenvalue weighted by molar-refractivity contribution is 0.307. The zero-order chi connectivity index (χ0) is 14.1. The van der Waals surface area contributed by atoms with Crippen LogP contribution in [0.3, 0.4) is 0 Å². The van der Waals surface area contributed by atoms with Crippen LogP contribution < -0.4 is 10.6 Å². The summed E-state index contributed by atoms with van der Waals surface area (Å²) in [6.07, 6.45) is 1.17. The third-order valence-electron chi connectivity index (χ3n) is 4.57. The molecule has 2 heterocycles. The molecule has 1 aliphatic heterocycles. The Balaban J connectivity index is 2.00. The number of aryl methyl sites for hydroxylation is 1. The van der Waals surface area contributed by atoms with Gasteiger partial charge in [0.1, 0.15) is 0 Å². The van der Waals surface area contributed by atoms with E-state index in [0.29, 0.717) is 11.8 Å². The first kappa shape index (κ1) is 13.3. The van der Waals surface area contributed by atoms with Crippen LogP contribution in [-0.2, 0) is 0 Å². The third kappa shape index (κ3) is 2.24. The molecule has 2 N–H and O–H groups in total. The van der Waals surface area contributed by atoms with Crippen molar-refractivity contribution >= 4 is 16.6 Å². The lowest BCUT2D eigenvalue weighted by atomic mass is 9.87. The van der Waals surface area contributed by atoms with Crippen molar-refractivity contribution < 1.29 is 0 Å². The quantitative estimate of drug-likeness (QED) is 0.910. The molecule has 0 spiro atoms. The molecule has 1 aromatic heterocycles. The molecule has 2 unspecified atom stereocenters. The fourth-order valence-electron chi connectivity index (χ4n) is 3.11. The maximum Gasteiger partial charge on any atom is 0.159 e. The summed E-state index contributed by atoms with van der Waals surface area (Å²) in [6, 6.07) is 8.39. The molecule has 20 heavy (non-hydrogen) atoms. The highest BCUT2D eigenvalue weighted by atomic mass is 15.3.